The molecule has 0 saturated carbocycles. The Morgan fingerprint density at radius 3 is 2.44 bits per heavy atom. The van der Waals surface area contributed by atoms with Crippen LogP contribution in [0.25, 0.3) is 0 Å². The monoisotopic (exact) mass is 397 g/mol. The van der Waals surface area contributed by atoms with Gasteiger partial charge in [0.05, 0.1) is 16.9 Å². The first-order valence-corrected chi connectivity index (χ1v) is 10.9. The minimum Gasteiger partial charge on any atom is -0.384 e. The molecule has 152 valence electrons. The van der Waals surface area contributed by atoms with Crippen molar-refractivity contribution in [3.63, 3.8) is 0 Å². The van der Waals surface area contributed by atoms with Crippen molar-refractivity contribution in [2.75, 3.05) is 45.2 Å². The molecule has 27 heavy (non-hydrogen) atoms. The Morgan fingerprint density at radius 1 is 1.26 bits per heavy atom. The number of nitrogens with zero attached hydrogens (tertiary/aromatic N) is 1. The third-order valence-electron chi connectivity index (χ3n) is 5.23. The lowest BCUT2D eigenvalue weighted by atomic mass is 9.78. The molecule has 7 nitrogen and oxygen atoms in total. The van der Waals surface area contributed by atoms with Gasteiger partial charge in [-0.15, -0.1) is 0 Å². The molecular weight excluding hydrogens is 366 g/mol. The summed E-state index contributed by atoms with van der Waals surface area (Å²) in [5, 5.41) is 6.18. The van der Waals surface area contributed by atoms with Gasteiger partial charge in [0.1, 0.15) is 0 Å². The number of aryl methyl sites for hydroxylation is 1. The molecule has 1 aromatic carbocycles. The molecule has 1 saturated heterocycles. The molecule has 2 N–H and O–H groups in total. The average molecular weight is 398 g/mol. The molecule has 2 rings (SSSR count). The third kappa shape index (κ3) is 4.68. The zero-order valence-corrected chi connectivity index (χ0v) is 17.5. The van der Waals surface area contributed by atoms with Gasteiger partial charge < -0.3 is 15.4 Å². The van der Waals surface area contributed by atoms with E-state index in [1.165, 1.54) is 4.31 Å². The number of ether oxygens (including phenoxy) is 1. The third-order valence-corrected chi connectivity index (χ3v) is 7.42. The van der Waals surface area contributed by atoms with Gasteiger partial charge in [0.2, 0.25) is 15.9 Å². The number of sulfonamides is 1. The Balaban J connectivity index is 2.31. The minimum absolute atomic E-state index is 0.124. The van der Waals surface area contributed by atoms with Crippen LogP contribution >= 0.6 is 0 Å². The number of rotatable bonds is 8. The molecule has 1 aromatic rings. The Labute approximate surface area is 162 Å². The summed E-state index contributed by atoms with van der Waals surface area (Å²) in [7, 11) is -2.00. The molecule has 1 fully saturated rings. The fourth-order valence-electron chi connectivity index (χ4n) is 3.54. The number of carbonyl (C=O) groups excluding carboxylic acids is 1. The second kappa shape index (κ2) is 9.14. The summed E-state index contributed by atoms with van der Waals surface area (Å²) in [4.78, 5) is 13.2. The highest BCUT2D eigenvalue weighted by molar-refractivity contribution is 7.89. The van der Waals surface area contributed by atoms with Crippen LogP contribution in [0.2, 0.25) is 0 Å². The first-order chi connectivity index (χ1) is 12.8. The van der Waals surface area contributed by atoms with Gasteiger partial charge in [-0.1, -0.05) is 19.9 Å². The molecule has 1 heterocycles. The normalized spacial score (nSPS) is 17.1. The molecular formula is C19H31N3O4S. The maximum atomic E-state index is 13.0. The first kappa shape index (κ1) is 21.8. The van der Waals surface area contributed by atoms with Crippen molar-refractivity contribution in [3.8, 4) is 0 Å². The lowest BCUT2D eigenvalue weighted by Gasteiger charge is -2.35. The van der Waals surface area contributed by atoms with Crippen LogP contribution in [0.5, 0.6) is 0 Å². The van der Waals surface area contributed by atoms with Crippen LogP contribution in [0.3, 0.4) is 0 Å². The fourth-order valence-corrected chi connectivity index (χ4v) is 5.25. The van der Waals surface area contributed by atoms with Gasteiger partial charge in [-0.25, -0.2) is 8.42 Å². The van der Waals surface area contributed by atoms with Crippen molar-refractivity contribution in [1.82, 2.24) is 9.62 Å². The topological polar surface area (TPSA) is 87.7 Å². The fraction of sp³-hybridized carbons (Fsp3) is 0.632. The van der Waals surface area contributed by atoms with Gasteiger partial charge >= 0.3 is 0 Å². The first-order valence-electron chi connectivity index (χ1n) is 9.42. The molecule has 0 bridgehead atoms. The summed E-state index contributed by atoms with van der Waals surface area (Å²) in [5.41, 5.74) is 0.557. The second-order valence-corrected chi connectivity index (χ2v) is 8.89. The molecule has 0 radical (unpaired) electrons. The van der Waals surface area contributed by atoms with E-state index in [0.29, 0.717) is 43.8 Å². The summed E-state index contributed by atoms with van der Waals surface area (Å²) in [5.74, 6) is -0.124. The van der Waals surface area contributed by atoms with E-state index in [4.69, 9.17) is 4.74 Å². The van der Waals surface area contributed by atoms with E-state index >= 15 is 0 Å². The van der Waals surface area contributed by atoms with Crippen molar-refractivity contribution < 1.29 is 17.9 Å². The van der Waals surface area contributed by atoms with E-state index in [1.807, 2.05) is 13.8 Å². The second-order valence-electron chi connectivity index (χ2n) is 6.99. The Hall–Kier alpha value is -1.48. The van der Waals surface area contributed by atoms with Crippen LogP contribution in [0.1, 0.15) is 32.3 Å². The summed E-state index contributed by atoms with van der Waals surface area (Å²) < 4.78 is 32.5. The Bertz CT molecular complexity index is 749. The Kier molecular flexibility index (Phi) is 7.39. The van der Waals surface area contributed by atoms with Crippen molar-refractivity contribution in [3.05, 3.63) is 23.8 Å². The van der Waals surface area contributed by atoms with Gasteiger partial charge in [-0.3, -0.25) is 4.79 Å². The lowest BCUT2D eigenvalue weighted by Crippen LogP contribution is -2.47. The molecule has 0 spiro atoms. The molecule has 0 atom stereocenters. The largest absolute Gasteiger partial charge is 0.384 e. The molecule has 0 aliphatic carbocycles. The zero-order valence-electron chi connectivity index (χ0n) is 16.7. The van der Waals surface area contributed by atoms with Gasteiger partial charge in [0.25, 0.3) is 0 Å². The van der Waals surface area contributed by atoms with Crippen molar-refractivity contribution >= 4 is 21.6 Å². The van der Waals surface area contributed by atoms with Crippen molar-refractivity contribution in [1.29, 1.82) is 0 Å². The van der Waals surface area contributed by atoms with Crippen LogP contribution < -0.4 is 10.6 Å². The van der Waals surface area contributed by atoms with E-state index in [0.717, 1.165) is 13.1 Å². The Morgan fingerprint density at radius 2 is 1.89 bits per heavy atom. The smallest absolute Gasteiger partial charge is 0.243 e. The van der Waals surface area contributed by atoms with E-state index in [-0.39, 0.29) is 10.8 Å². The highest BCUT2D eigenvalue weighted by atomic mass is 32.2. The number of nitrogens with one attached hydrogen (secondary N) is 2. The van der Waals surface area contributed by atoms with Gasteiger partial charge in [-0.05, 0) is 50.6 Å². The van der Waals surface area contributed by atoms with E-state index < -0.39 is 15.4 Å². The molecule has 0 unspecified atom stereocenters. The van der Waals surface area contributed by atoms with Crippen LogP contribution in [0, 0.1) is 12.3 Å². The maximum Gasteiger partial charge on any atom is 0.243 e. The van der Waals surface area contributed by atoms with Crippen LogP contribution in [-0.2, 0) is 19.6 Å². The predicted molar refractivity (Wildman–Crippen MR) is 106 cm³/mol. The number of benzene rings is 1. The summed E-state index contributed by atoms with van der Waals surface area (Å²) >= 11 is 0. The number of piperidine rings is 1. The standard InChI is InChI=1S/C19H31N3O4S/c1-5-22(6-2)27(24,25)17-13-16(8-7-15(17)3)21-18(23)19(14-26-4)9-11-20-12-10-19/h7-8,13,20H,5-6,9-12,14H2,1-4H3,(H,21,23). The van der Waals surface area contributed by atoms with Crippen LogP contribution in [0.15, 0.2) is 23.1 Å². The maximum absolute atomic E-state index is 13.0. The number of hydrogen-bond acceptors (Lipinski definition) is 5. The number of amides is 1. The molecule has 0 aromatic heterocycles. The van der Waals surface area contributed by atoms with Crippen LogP contribution in [0.4, 0.5) is 5.69 Å². The highest BCUT2D eigenvalue weighted by Crippen LogP contribution is 2.32. The van der Waals surface area contributed by atoms with E-state index in [1.54, 1.807) is 32.2 Å². The van der Waals surface area contributed by atoms with Gasteiger partial charge in [0, 0.05) is 25.9 Å². The summed E-state index contributed by atoms with van der Waals surface area (Å²) in [6.45, 7) is 8.05. The van der Waals surface area contributed by atoms with E-state index in [9.17, 15) is 13.2 Å². The molecule has 8 heteroatoms. The van der Waals surface area contributed by atoms with Crippen LogP contribution in [-0.4, -0.2) is 58.5 Å². The number of carbonyl (C=O) groups is 1. The van der Waals surface area contributed by atoms with E-state index in [2.05, 4.69) is 10.6 Å². The number of hydrogen-bond donors (Lipinski definition) is 2. The number of methoxy groups -OCH3 is 1. The zero-order chi connectivity index (χ0) is 20.1. The average Bonchev–Trinajstić information content (AvgIpc) is 2.65. The molecule has 1 amide bonds. The van der Waals surface area contributed by atoms with Gasteiger partial charge in [-0.2, -0.15) is 4.31 Å². The number of anilines is 1. The molecule has 1 aliphatic rings. The predicted octanol–water partition coefficient (Wildman–Crippen LogP) is 1.98. The summed E-state index contributed by atoms with van der Waals surface area (Å²) in [6.07, 6.45) is 1.37. The SMILES string of the molecule is CCN(CC)S(=O)(=O)c1cc(NC(=O)C2(COC)CCNCC2)ccc1C. The quantitative estimate of drug-likeness (QED) is 0.700. The van der Waals surface area contributed by atoms with Crippen molar-refractivity contribution in [2.24, 2.45) is 5.41 Å². The van der Waals surface area contributed by atoms with Crippen molar-refractivity contribution in [2.45, 2.75) is 38.5 Å². The lowest BCUT2D eigenvalue weighted by molar-refractivity contribution is -0.130. The highest BCUT2D eigenvalue weighted by Gasteiger charge is 2.39. The van der Waals surface area contributed by atoms with Gasteiger partial charge in [0.15, 0.2) is 0 Å². The minimum atomic E-state index is -3.59. The molecule has 1 aliphatic heterocycles. The summed E-state index contributed by atoms with van der Waals surface area (Å²) in [6, 6.07) is 5.04.